The van der Waals surface area contributed by atoms with E-state index in [1.54, 1.807) is 11.3 Å². The van der Waals surface area contributed by atoms with Crippen LogP contribution in [0.25, 0.3) is 11.4 Å². The number of nitrogens with zero attached hydrogens (tertiary/aromatic N) is 5. The van der Waals surface area contributed by atoms with E-state index in [0.29, 0.717) is 0 Å². The van der Waals surface area contributed by atoms with Gasteiger partial charge < -0.3 is 15.5 Å². The van der Waals surface area contributed by atoms with Crippen molar-refractivity contribution in [2.24, 2.45) is 4.99 Å². The molecule has 0 saturated carbocycles. The van der Waals surface area contributed by atoms with Crippen molar-refractivity contribution in [1.29, 1.82) is 0 Å². The second-order valence-corrected chi connectivity index (χ2v) is 7.73. The molecule has 5 heterocycles. The van der Waals surface area contributed by atoms with Crippen LogP contribution in [0.15, 0.2) is 47.0 Å². The number of nitrogens with one attached hydrogen (secondary N) is 2. The molecular formula is C20H21N7S. The molecule has 2 N–H and O–H groups in total. The Morgan fingerprint density at radius 1 is 1.11 bits per heavy atom. The van der Waals surface area contributed by atoms with Crippen molar-refractivity contribution < 1.29 is 0 Å². The third-order valence-electron chi connectivity index (χ3n) is 4.96. The number of aromatic nitrogens is 3. The molecule has 28 heavy (non-hydrogen) atoms. The molecule has 2 aliphatic rings. The van der Waals surface area contributed by atoms with Gasteiger partial charge >= 0.3 is 0 Å². The number of hydrogen-bond acceptors (Lipinski definition) is 8. The van der Waals surface area contributed by atoms with Gasteiger partial charge in [0, 0.05) is 44.0 Å². The van der Waals surface area contributed by atoms with E-state index in [4.69, 9.17) is 9.97 Å². The van der Waals surface area contributed by atoms with Crippen LogP contribution in [0.1, 0.15) is 17.5 Å². The molecule has 0 atom stereocenters. The molecule has 5 rings (SSSR count). The van der Waals surface area contributed by atoms with Crippen LogP contribution in [0.5, 0.6) is 0 Å². The minimum atomic E-state index is 0.801. The van der Waals surface area contributed by atoms with Crippen LogP contribution in [0.2, 0.25) is 0 Å². The first-order valence-electron chi connectivity index (χ1n) is 9.50. The molecular weight excluding hydrogens is 370 g/mol. The van der Waals surface area contributed by atoms with E-state index >= 15 is 0 Å². The number of fused-ring (bicyclic) bond motifs is 1. The summed E-state index contributed by atoms with van der Waals surface area (Å²) in [6.07, 6.45) is 5.91. The third kappa shape index (κ3) is 3.55. The summed E-state index contributed by atoms with van der Waals surface area (Å²) in [6, 6.07) is 8.24. The fourth-order valence-corrected chi connectivity index (χ4v) is 4.18. The Morgan fingerprint density at radius 3 is 3.04 bits per heavy atom. The lowest BCUT2D eigenvalue weighted by Crippen LogP contribution is -2.35. The van der Waals surface area contributed by atoms with Crippen molar-refractivity contribution in [3.8, 4) is 11.4 Å². The van der Waals surface area contributed by atoms with E-state index < -0.39 is 0 Å². The van der Waals surface area contributed by atoms with Gasteiger partial charge in [-0.2, -0.15) is 0 Å². The van der Waals surface area contributed by atoms with Crippen LogP contribution in [0.4, 0.5) is 10.9 Å². The largest absolute Gasteiger partial charge is 0.356 e. The van der Waals surface area contributed by atoms with Gasteiger partial charge in [0.1, 0.15) is 11.5 Å². The molecule has 3 aromatic heterocycles. The molecule has 0 unspecified atom stereocenters. The first-order chi connectivity index (χ1) is 13.8. The molecule has 8 heteroatoms. The molecule has 0 spiro atoms. The van der Waals surface area contributed by atoms with Crippen molar-refractivity contribution in [3.05, 3.63) is 53.2 Å². The van der Waals surface area contributed by atoms with Crippen LogP contribution < -0.4 is 15.5 Å². The molecule has 0 radical (unpaired) electrons. The van der Waals surface area contributed by atoms with Gasteiger partial charge in [-0.05, 0) is 42.2 Å². The van der Waals surface area contributed by atoms with Gasteiger partial charge in [-0.1, -0.05) is 6.07 Å². The summed E-state index contributed by atoms with van der Waals surface area (Å²) in [6.45, 7) is 3.61. The number of pyridine rings is 2. The summed E-state index contributed by atoms with van der Waals surface area (Å²) in [4.78, 5) is 20.6. The Labute approximate surface area is 167 Å². The molecule has 142 valence electrons. The first-order valence-corrected chi connectivity index (χ1v) is 10.4. The third-order valence-corrected chi connectivity index (χ3v) is 5.72. The van der Waals surface area contributed by atoms with Crippen LogP contribution in [0.3, 0.4) is 0 Å². The average molecular weight is 392 g/mol. The lowest BCUT2D eigenvalue weighted by molar-refractivity contribution is 0.717. The molecule has 0 fully saturated rings. The Balaban J connectivity index is 1.34. The minimum Gasteiger partial charge on any atom is -0.356 e. The Bertz CT molecular complexity index is 1010. The SMILES string of the molecule is c1cc(-c2csc(NC3=NCCCN3)n2)nc(N2CCc3cnccc3C2)c1. The molecule has 3 aromatic rings. The molecule has 0 amide bonds. The zero-order valence-corrected chi connectivity index (χ0v) is 16.2. The summed E-state index contributed by atoms with van der Waals surface area (Å²) in [7, 11) is 0. The van der Waals surface area contributed by atoms with E-state index in [2.05, 4.69) is 43.7 Å². The highest BCUT2D eigenvalue weighted by atomic mass is 32.1. The average Bonchev–Trinajstić information content (AvgIpc) is 3.23. The molecule has 0 bridgehead atoms. The fraction of sp³-hybridized carbons (Fsp3) is 0.300. The minimum absolute atomic E-state index is 0.801. The van der Waals surface area contributed by atoms with E-state index in [0.717, 1.165) is 67.3 Å². The van der Waals surface area contributed by atoms with E-state index in [1.807, 2.05) is 23.8 Å². The Kier molecular flexibility index (Phi) is 4.62. The summed E-state index contributed by atoms with van der Waals surface area (Å²) < 4.78 is 0. The Morgan fingerprint density at radius 2 is 2.11 bits per heavy atom. The van der Waals surface area contributed by atoms with Crippen LogP contribution in [0, 0.1) is 0 Å². The maximum Gasteiger partial charge on any atom is 0.197 e. The van der Waals surface area contributed by atoms with Crippen molar-refractivity contribution >= 4 is 28.2 Å². The van der Waals surface area contributed by atoms with Gasteiger partial charge in [0.2, 0.25) is 0 Å². The lowest BCUT2D eigenvalue weighted by Gasteiger charge is -2.29. The van der Waals surface area contributed by atoms with Crippen LogP contribution in [-0.2, 0) is 13.0 Å². The number of hydrogen-bond donors (Lipinski definition) is 2. The van der Waals surface area contributed by atoms with E-state index in [-0.39, 0.29) is 0 Å². The second-order valence-electron chi connectivity index (χ2n) is 6.87. The van der Waals surface area contributed by atoms with Gasteiger partial charge in [0.05, 0.1) is 5.69 Å². The van der Waals surface area contributed by atoms with Crippen molar-refractivity contribution in [2.45, 2.75) is 19.4 Å². The molecule has 0 aliphatic carbocycles. The fourth-order valence-electron chi connectivity index (χ4n) is 3.48. The van der Waals surface area contributed by atoms with E-state index in [9.17, 15) is 0 Å². The topological polar surface area (TPSA) is 78.3 Å². The van der Waals surface area contributed by atoms with Crippen LogP contribution in [-0.4, -0.2) is 40.5 Å². The summed E-state index contributed by atoms with van der Waals surface area (Å²) in [5.41, 5.74) is 4.44. The lowest BCUT2D eigenvalue weighted by atomic mass is 10.0. The van der Waals surface area contributed by atoms with Gasteiger partial charge in [-0.15, -0.1) is 11.3 Å². The molecule has 7 nitrogen and oxygen atoms in total. The zero-order chi connectivity index (χ0) is 18.8. The number of anilines is 2. The molecule has 0 aromatic carbocycles. The summed E-state index contributed by atoms with van der Waals surface area (Å²) >= 11 is 1.57. The molecule has 0 saturated heterocycles. The van der Waals surface area contributed by atoms with Crippen LogP contribution >= 0.6 is 11.3 Å². The number of aliphatic imine (C=N–C) groups is 1. The maximum atomic E-state index is 4.88. The normalized spacial score (nSPS) is 16.1. The van der Waals surface area contributed by atoms with Gasteiger partial charge in [0.15, 0.2) is 11.1 Å². The van der Waals surface area contributed by atoms with Crippen molar-refractivity contribution in [2.75, 3.05) is 29.9 Å². The van der Waals surface area contributed by atoms with Gasteiger partial charge in [0.25, 0.3) is 0 Å². The highest BCUT2D eigenvalue weighted by Gasteiger charge is 2.18. The molecule has 2 aliphatic heterocycles. The smallest absolute Gasteiger partial charge is 0.197 e. The number of rotatable bonds is 3. The monoisotopic (exact) mass is 391 g/mol. The highest BCUT2D eigenvalue weighted by Crippen LogP contribution is 2.27. The quantitative estimate of drug-likeness (QED) is 0.715. The number of thiazole rings is 1. The van der Waals surface area contributed by atoms with E-state index in [1.165, 1.54) is 11.1 Å². The maximum absolute atomic E-state index is 4.88. The zero-order valence-electron chi connectivity index (χ0n) is 15.4. The highest BCUT2D eigenvalue weighted by molar-refractivity contribution is 7.14. The summed E-state index contributed by atoms with van der Waals surface area (Å²) in [5.74, 6) is 1.79. The van der Waals surface area contributed by atoms with Crippen molar-refractivity contribution in [3.63, 3.8) is 0 Å². The summed E-state index contributed by atoms with van der Waals surface area (Å²) in [5, 5.41) is 9.38. The standard InChI is InChI=1S/C20H21N7S/c1-3-16(17-13-28-20(25-17)26-19-22-7-2-8-23-19)24-18(4-1)27-10-6-14-11-21-9-5-15(14)12-27/h1,3-5,9,11,13H,2,6-8,10,12H2,(H2,22,23,25,26). The Hall–Kier alpha value is -3.00. The second kappa shape index (κ2) is 7.55. The van der Waals surface area contributed by atoms with Crippen molar-refractivity contribution in [1.82, 2.24) is 20.3 Å². The predicted octanol–water partition coefficient (Wildman–Crippen LogP) is 2.92. The van der Waals surface area contributed by atoms with Gasteiger partial charge in [-0.25, -0.2) is 9.97 Å². The number of guanidine groups is 1. The first kappa shape index (κ1) is 17.1. The van der Waals surface area contributed by atoms with Gasteiger partial charge in [-0.3, -0.25) is 9.98 Å². The predicted molar refractivity (Wildman–Crippen MR) is 113 cm³/mol.